The lowest BCUT2D eigenvalue weighted by Gasteiger charge is -2.24. The fraction of sp³-hybridized carbons (Fsp3) is 0.824. The molecule has 0 aromatic heterocycles. The quantitative estimate of drug-likeness (QED) is 0.476. The molecule has 0 fully saturated rings. The topological polar surface area (TPSA) is 103 Å². The molecule has 0 bridgehead atoms. The Bertz CT molecular complexity index is 445. The molecule has 0 saturated carbocycles. The van der Waals surface area contributed by atoms with Gasteiger partial charge in [-0.15, -0.1) is 0 Å². The van der Waals surface area contributed by atoms with E-state index in [1.807, 2.05) is 13.8 Å². The van der Waals surface area contributed by atoms with Crippen molar-refractivity contribution >= 4 is 18.0 Å². The minimum atomic E-state index is -0.747. The van der Waals surface area contributed by atoms with Crippen LogP contribution in [0.15, 0.2) is 0 Å². The lowest BCUT2D eigenvalue weighted by atomic mass is 10.0. The van der Waals surface area contributed by atoms with E-state index in [1.165, 1.54) is 14.2 Å². The number of hydrogen-bond acceptors (Lipinski definition) is 7. The second-order valence-corrected chi connectivity index (χ2v) is 7.17. The van der Waals surface area contributed by atoms with E-state index in [0.29, 0.717) is 6.42 Å². The number of carbonyl (C=O) groups excluding carboxylic acids is 3. The lowest BCUT2D eigenvalue weighted by molar-refractivity contribution is -0.146. The Morgan fingerprint density at radius 1 is 0.960 bits per heavy atom. The number of amides is 1. The van der Waals surface area contributed by atoms with Crippen LogP contribution in [0, 0.1) is 5.92 Å². The summed E-state index contributed by atoms with van der Waals surface area (Å²) >= 11 is 0. The van der Waals surface area contributed by atoms with Gasteiger partial charge in [0, 0.05) is 6.54 Å². The number of esters is 2. The van der Waals surface area contributed by atoms with E-state index in [2.05, 4.69) is 10.6 Å². The van der Waals surface area contributed by atoms with Gasteiger partial charge in [0.25, 0.3) is 0 Å². The highest BCUT2D eigenvalue weighted by molar-refractivity contribution is 5.79. The van der Waals surface area contributed by atoms with Crippen LogP contribution in [0.2, 0.25) is 0 Å². The molecule has 0 aliphatic carbocycles. The summed E-state index contributed by atoms with van der Waals surface area (Å²) in [6, 6.07) is -1.38. The minimum absolute atomic E-state index is 0.192. The zero-order valence-corrected chi connectivity index (χ0v) is 16.3. The highest BCUT2D eigenvalue weighted by Gasteiger charge is 2.28. The number of methoxy groups -OCH3 is 2. The van der Waals surface area contributed by atoms with E-state index in [0.717, 1.165) is 0 Å². The highest BCUT2D eigenvalue weighted by Crippen LogP contribution is 2.09. The number of alkyl carbamates (subject to hydrolysis) is 1. The Morgan fingerprint density at radius 3 is 1.92 bits per heavy atom. The highest BCUT2D eigenvalue weighted by atomic mass is 16.6. The Labute approximate surface area is 150 Å². The summed E-state index contributed by atoms with van der Waals surface area (Å²) in [6.45, 7) is 9.41. The zero-order chi connectivity index (χ0) is 19.6. The fourth-order valence-corrected chi connectivity index (χ4v) is 2.13. The third-order valence-corrected chi connectivity index (χ3v) is 3.18. The third-order valence-electron chi connectivity index (χ3n) is 3.18. The second kappa shape index (κ2) is 10.9. The molecule has 2 N–H and O–H groups in total. The van der Waals surface area contributed by atoms with Crippen LogP contribution in [0.3, 0.4) is 0 Å². The van der Waals surface area contributed by atoms with Gasteiger partial charge in [0.2, 0.25) is 0 Å². The molecule has 2 unspecified atom stereocenters. The fourth-order valence-electron chi connectivity index (χ4n) is 2.13. The lowest BCUT2D eigenvalue weighted by Crippen LogP contribution is -2.49. The summed E-state index contributed by atoms with van der Waals surface area (Å²) in [7, 11) is 2.57. The molecule has 2 atom stereocenters. The van der Waals surface area contributed by atoms with Crippen molar-refractivity contribution in [3.8, 4) is 0 Å². The zero-order valence-electron chi connectivity index (χ0n) is 16.3. The van der Waals surface area contributed by atoms with Gasteiger partial charge in [0.05, 0.1) is 14.2 Å². The molecule has 0 aliphatic rings. The molecule has 8 nitrogen and oxygen atoms in total. The SMILES string of the molecule is COC(=O)C(CCNC(=O)OC(C)(C)C)NC(CC(C)C)C(=O)OC. The first-order valence-corrected chi connectivity index (χ1v) is 8.38. The summed E-state index contributed by atoms with van der Waals surface area (Å²) in [4.78, 5) is 35.5. The minimum Gasteiger partial charge on any atom is -0.468 e. The Balaban J connectivity index is 4.75. The van der Waals surface area contributed by atoms with Crippen LogP contribution in [-0.2, 0) is 23.8 Å². The predicted molar refractivity (Wildman–Crippen MR) is 93.1 cm³/mol. The third kappa shape index (κ3) is 10.6. The number of rotatable bonds is 9. The van der Waals surface area contributed by atoms with Gasteiger partial charge in [-0.2, -0.15) is 0 Å². The van der Waals surface area contributed by atoms with Crippen molar-refractivity contribution in [2.24, 2.45) is 5.92 Å². The molecule has 0 aromatic carbocycles. The molecule has 146 valence electrons. The number of ether oxygens (including phenoxy) is 3. The van der Waals surface area contributed by atoms with Gasteiger partial charge in [-0.25, -0.2) is 4.79 Å². The summed E-state index contributed by atoms with van der Waals surface area (Å²) < 4.78 is 14.7. The molecule has 0 aliphatic heterocycles. The summed E-state index contributed by atoms with van der Waals surface area (Å²) in [5, 5.41) is 5.55. The Morgan fingerprint density at radius 2 is 1.48 bits per heavy atom. The van der Waals surface area contributed by atoms with Crippen LogP contribution in [0.25, 0.3) is 0 Å². The van der Waals surface area contributed by atoms with Crippen LogP contribution in [-0.4, -0.2) is 56.5 Å². The van der Waals surface area contributed by atoms with E-state index < -0.39 is 35.7 Å². The Kier molecular flexibility index (Phi) is 10.1. The van der Waals surface area contributed by atoms with Crippen molar-refractivity contribution in [2.45, 2.75) is 65.1 Å². The van der Waals surface area contributed by atoms with Crippen LogP contribution in [0.5, 0.6) is 0 Å². The first kappa shape index (κ1) is 23.2. The molecular weight excluding hydrogens is 328 g/mol. The molecule has 0 aromatic rings. The maximum atomic E-state index is 12.0. The van der Waals surface area contributed by atoms with E-state index in [-0.39, 0.29) is 18.9 Å². The summed E-state index contributed by atoms with van der Waals surface area (Å²) in [6.07, 6.45) is 0.194. The standard InChI is InChI=1S/C17H32N2O6/c1-11(2)10-13(15(21)24-7)19-12(14(20)23-6)8-9-18-16(22)25-17(3,4)5/h11-13,19H,8-10H2,1-7H3,(H,18,22). The van der Waals surface area contributed by atoms with E-state index in [4.69, 9.17) is 14.2 Å². The van der Waals surface area contributed by atoms with Gasteiger partial charge >= 0.3 is 18.0 Å². The largest absolute Gasteiger partial charge is 0.468 e. The molecule has 0 radical (unpaired) electrons. The van der Waals surface area contributed by atoms with Gasteiger partial charge in [-0.3, -0.25) is 14.9 Å². The molecular formula is C17H32N2O6. The average Bonchev–Trinajstić information content (AvgIpc) is 2.49. The van der Waals surface area contributed by atoms with Gasteiger partial charge < -0.3 is 19.5 Å². The second-order valence-electron chi connectivity index (χ2n) is 7.17. The van der Waals surface area contributed by atoms with E-state index in [9.17, 15) is 14.4 Å². The van der Waals surface area contributed by atoms with Crippen molar-refractivity contribution in [2.75, 3.05) is 20.8 Å². The van der Waals surface area contributed by atoms with Crippen molar-refractivity contribution in [1.82, 2.24) is 10.6 Å². The molecule has 0 saturated heterocycles. The molecule has 8 heteroatoms. The first-order valence-electron chi connectivity index (χ1n) is 8.38. The maximum absolute atomic E-state index is 12.0. The monoisotopic (exact) mass is 360 g/mol. The number of carbonyl (C=O) groups is 3. The van der Waals surface area contributed by atoms with Crippen LogP contribution >= 0.6 is 0 Å². The van der Waals surface area contributed by atoms with Gasteiger partial charge in [0.1, 0.15) is 17.7 Å². The van der Waals surface area contributed by atoms with Gasteiger partial charge in [-0.1, -0.05) is 13.8 Å². The Hall–Kier alpha value is -1.83. The van der Waals surface area contributed by atoms with Crippen LogP contribution < -0.4 is 10.6 Å². The normalized spacial score (nSPS) is 13.8. The summed E-state index contributed by atoms with van der Waals surface area (Å²) in [5.74, 6) is -0.721. The average molecular weight is 360 g/mol. The smallest absolute Gasteiger partial charge is 0.407 e. The molecule has 1 amide bonds. The summed E-state index contributed by atoms with van der Waals surface area (Å²) in [5.41, 5.74) is -0.600. The number of nitrogens with one attached hydrogen (secondary N) is 2. The molecule has 0 heterocycles. The maximum Gasteiger partial charge on any atom is 0.407 e. The van der Waals surface area contributed by atoms with E-state index >= 15 is 0 Å². The molecule has 25 heavy (non-hydrogen) atoms. The van der Waals surface area contributed by atoms with Crippen LogP contribution in [0.4, 0.5) is 4.79 Å². The van der Waals surface area contributed by atoms with Crippen LogP contribution in [0.1, 0.15) is 47.5 Å². The van der Waals surface area contributed by atoms with Crippen molar-refractivity contribution in [1.29, 1.82) is 0 Å². The van der Waals surface area contributed by atoms with E-state index in [1.54, 1.807) is 20.8 Å². The van der Waals surface area contributed by atoms with Crippen molar-refractivity contribution in [3.63, 3.8) is 0 Å². The van der Waals surface area contributed by atoms with Crippen molar-refractivity contribution < 1.29 is 28.6 Å². The predicted octanol–water partition coefficient (Wildman–Crippen LogP) is 1.62. The first-order chi connectivity index (χ1) is 11.5. The molecule has 0 rings (SSSR count). The molecule has 0 spiro atoms. The van der Waals surface area contributed by atoms with Crippen molar-refractivity contribution in [3.05, 3.63) is 0 Å². The number of hydrogen-bond donors (Lipinski definition) is 2. The van der Waals surface area contributed by atoms with Gasteiger partial charge in [0.15, 0.2) is 0 Å². The van der Waals surface area contributed by atoms with Gasteiger partial charge in [-0.05, 0) is 39.5 Å².